The Morgan fingerprint density at radius 3 is 1.89 bits per heavy atom. The maximum Gasteiger partial charge on any atom is 1.00 e. The van der Waals surface area contributed by atoms with Crippen molar-refractivity contribution in [2.24, 2.45) is 0 Å². The van der Waals surface area contributed by atoms with E-state index in [4.69, 9.17) is 4.74 Å². The molecule has 0 radical (unpaired) electrons. The van der Waals surface area contributed by atoms with Gasteiger partial charge >= 0.3 is 59.1 Å². The zero-order chi connectivity index (χ0) is 24.5. The second-order valence-corrected chi connectivity index (χ2v) is 10.9. The average molecular weight is 543 g/mol. The Hall–Kier alpha value is 0.0600. The summed E-state index contributed by atoms with van der Waals surface area (Å²) in [7, 11) is -9.78. The van der Waals surface area contributed by atoms with Gasteiger partial charge in [0.25, 0.3) is 0 Å². The van der Waals surface area contributed by atoms with Gasteiger partial charge in [0.1, 0.15) is 31.7 Å². The summed E-state index contributed by atoms with van der Waals surface area (Å²) < 4.78 is 76.8. The van der Waals surface area contributed by atoms with Crippen molar-refractivity contribution in [1.82, 2.24) is 0 Å². The van der Waals surface area contributed by atoms with Crippen molar-refractivity contribution in [1.29, 1.82) is 0 Å². The third-order valence-electron chi connectivity index (χ3n) is 5.59. The first-order valence-electron chi connectivity index (χ1n) is 11.4. The number of para-hydroxylation sites is 2. The summed E-state index contributed by atoms with van der Waals surface area (Å²) in [6.07, 6.45) is 9.00. The summed E-state index contributed by atoms with van der Waals surface area (Å²) in [5.74, 6) is -0.582. The molecule has 0 amide bonds. The first-order valence-corrected chi connectivity index (χ1v) is 14.2. The molecule has 0 bridgehead atoms. The number of benzene rings is 2. The summed E-state index contributed by atoms with van der Waals surface area (Å²) in [6, 6.07) is 9.54. The Labute approximate surface area is 254 Å². The number of hydrogen-bond donors (Lipinski definition) is 0. The molecule has 2 rings (SSSR count). The summed E-state index contributed by atoms with van der Waals surface area (Å²) >= 11 is 0. The molecule has 0 aliphatic rings. The molecule has 7 nitrogen and oxygen atoms in total. The van der Waals surface area contributed by atoms with E-state index in [-0.39, 0.29) is 76.5 Å². The number of hydrogen-bond acceptors (Lipinski definition) is 7. The van der Waals surface area contributed by atoms with E-state index in [0.29, 0.717) is 5.56 Å². The van der Waals surface area contributed by atoms with Crippen LogP contribution in [0.2, 0.25) is 0 Å². The quantitative estimate of drug-likeness (QED) is 0.186. The minimum absolute atomic E-state index is 0. The van der Waals surface area contributed by atoms with Crippen LogP contribution in [0.3, 0.4) is 0 Å². The summed E-state index contributed by atoms with van der Waals surface area (Å²) in [4.78, 5) is -1.18. The molecule has 0 aliphatic carbocycles. The van der Waals surface area contributed by atoms with Gasteiger partial charge in [-0.15, -0.1) is 0 Å². The second-order valence-electron chi connectivity index (χ2n) is 8.17. The van der Waals surface area contributed by atoms with Crippen molar-refractivity contribution < 1.29 is 89.8 Å². The summed E-state index contributed by atoms with van der Waals surface area (Å²) in [5, 5.41) is 0. The molecule has 0 saturated carbocycles. The molecular weight excluding hydrogens is 510 g/mol. The van der Waals surface area contributed by atoms with Gasteiger partial charge in [-0.1, -0.05) is 83.1 Å². The molecule has 2 aromatic rings. The van der Waals surface area contributed by atoms with Gasteiger partial charge in [-0.25, -0.2) is 16.8 Å². The van der Waals surface area contributed by atoms with Crippen molar-refractivity contribution in [3.05, 3.63) is 48.0 Å². The zero-order valence-corrected chi connectivity index (χ0v) is 26.8. The van der Waals surface area contributed by atoms with Crippen LogP contribution < -0.4 is 63.9 Å². The largest absolute Gasteiger partial charge is 1.00 e. The molecule has 0 saturated heterocycles. The van der Waals surface area contributed by atoms with Crippen molar-refractivity contribution >= 4 is 20.2 Å². The van der Waals surface area contributed by atoms with Gasteiger partial charge in [0.15, 0.2) is 0 Å². The van der Waals surface area contributed by atoms with Gasteiger partial charge in [-0.3, -0.25) is 0 Å². The smallest absolute Gasteiger partial charge is 0.744 e. The van der Waals surface area contributed by atoms with Gasteiger partial charge < -0.3 is 13.8 Å². The van der Waals surface area contributed by atoms with E-state index < -0.39 is 30.0 Å². The van der Waals surface area contributed by atoms with Crippen LogP contribution in [-0.4, -0.2) is 25.9 Å². The third-order valence-corrected chi connectivity index (χ3v) is 7.33. The molecule has 0 N–H and O–H groups in total. The molecular formula is C24H32Na2O7S2. The Balaban J connectivity index is 0.00000578. The molecule has 0 aromatic heterocycles. The van der Waals surface area contributed by atoms with E-state index >= 15 is 0 Å². The minimum atomic E-state index is -4.91. The molecule has 11 heteroatoms. The van der Waals surface area contributed by atoms with Gasteiger partial charge in [0.2, 0.25) is 0 Å². The van der Waals surface area contributed by atoms with Gasteiger partial charge in [-0.05, 0) is 42.5 Å². The molecule has 0 spiro atoms. The number of rotatable bonds is 14. The molecule has 35 heavy (non-hydrogen) atoms. The van der Waals surface area contributed by atoms with Gasteiger partial charge in [0.05, 0.1) is 9.79 Å². The van der Waals surface area contributed by atoms with Gasteiger partial charge in [0, 0.05) is 0 Å². The van der Waals surface area contributed by atoms with Crippen molar-refractivity contribution in [3.63, 3.8) is 0 Å². The third kappa shape index (κ3) is 11.1. The van der Waals surface area contributed by atoms with Crippen LogP contribution in [-0.2, 0) is 20.2 Å². The van der Waals surface area contributed by atoms with Crippen LogP contribution in [0.4, 0.5) is 0 Å². The van der Waals surface area contributed by atoms with Crippen molar-refractivity contribution in [3.8, 4) is 11.5 Å². The van der Waals surface area contributed by atoms with Crippen molar-refractivity contribution in [2.45, 2.75) is 87.3 Å². The minimum Gasteiger partial charge on any atom is -0.744 e. The van der Waals surface area contributed by atoms with Crippen LogP contribution in [0.5, 0.6) is 11.5 Å². The first kappa shape index (κ1) is 35.1. The second kappa shape index (κ2) is 16.8. The van der Waals surface area contributed by atoms with Crippen LogP contribution in [0.15, 0.2) is 52.3 Å². The topological polar surface area (TPSA) is 124 Å². The number of ether oxygens (including phenoxy) is 1. The maximum absolute atomic E-state index is 12.0. The normalized spacial score (nSPS) is 12.3. The van der Waals surface area contributed by atoms with E-state index in [1.165, 1.54) is 37.1 Å². The van der Waals surface area contributed by atoms with Crippen LogP contribution >= 0.6 is 0 Å². The average Bonchev–Trinajstić information content (AvgIpc) is 2.74. The molecule has 0 fully saturated rings. The zero-order valence-electron chi connectivity index (χ0n) is 21.2. The van der Waals surface area contributed by atoms with Crippen LogP contribution in [0.25, 0.3) is 0 Å². The molecule has 0 aliphatic heterocycles. The van der Waals surface area contributed by atoms with E-state index in [1.54, 1.807) is 6.07 Å². The molecule has 184 valence electrons. The van der Waals surface area contributed by atoms with E-state index in [0.717, 1.165) is 57.1 Å². The van der Waals surface area contributed by atoms with E-state index in [2.05, 4.69) is 6.92 Å². The molecule has 1 atom stereocenters. The molecule has 1 unspecified atom stereocenters. The Kier molecular flexibility index (Phi) is 16.8. The van der Waals surface area contributed by atoms with Gasteiger partial charge in [-0.2, -0.15) is 0 Å². The predicted molar refractivity (Wildman–Crippen MR) is 125 cm³/mol. The Morgan fingerprint density at radius 1 is 0.714 bits per heavy atom. The molecule has 0 heterocycles. The first-order chi connectivity index (χ1) is 15.6. The fraction of sp³-hybridized carbons (Fsp3) is 0.500. The van der Waals surface area contributed by atoms with Crippen LogP contribution in [0, 0.1) is 0 Å². The molecule has 2 aromatic carbocycles. The van der Waals surface area contributed by atoms with Crippen LogP contribution in [0.1, 0.15) is 83.1 Å². The Bertz CT molecular complexity index is 1120. The fourth-order valence-corrected chi connectivity index (χ4v) is 5.22. The Morgan fingerprint density at radius 2 is 1.29 bits per heavy atom. The van der Waals surface area contributed by atoms with E-state index in [1.807, 2.05) is 6.92 Å². The standard InChI is InChI=1S/C24H34O7S2.2Na/c1-3-5-6-7-8-9-14-19(13-4-2)20-15-12-18-23(33(28,29)30)24(20)31-21-16-10-11-17-22(21)32(25,26)27;;/h10-12,15-19H,3-9,13-14H2,1-2H3,(H,25,26,27)(H,28,29,30);;/q;2*+1/p-2. The van der Waals surface area contributed by atoms with E-state index in [9.17, 15) is 25.9 Å². The van der Waals surface area contributed by atoms with Crippen molar-refractivity contribution in [2.75, 3.05) is 0 Å². The predicted octanol–water partition coefficient (Wildman–Crippen LogP) is -0.0706. The fourth-order valence-electron chi connectivity index (χ4n) is 3.99. The number of unbranched alkanes of at least 4 members (excludes halogenated alkanes) is 5. The monoisotopic (exact) mass is 542 g/mol. The maximum atomic E-state index is 12.0. The SMILES string of the molecule is CCCCCCCCC(CCC)c1cccc(S(=O)(=O)[O-])c1Oc1ccccc1S(=O)(=O)[O-].[Na+].[Na+]. The summed E-state index contributed by atoms with van der Waals surface area (Å²) in [5.41, 5.74) is 0.528. The summed E-state index contributed by atoms with van der Waals surface area (Å²) in [6.45, 7) is 4.17.